The van der Waals surface area contributed by atoms with Gasteiger partial charge in [0.2, 0.25) is 0 Å². The van der Waals surface area contributed by atoms with Crippen LogP contribution in [-0.4, -0.2) is 19.1 Å². The van der Waals surface area contributed by atoms with Gasteiger partial charge in [0, 0.05) is 6.04 Å². The molecule has 82 valence electrons. The van der Waals surface area contributed by atoms with Gasteiger partial charge >= 0.3 is 5.97 Å². The molecule has 0 bridgehead atoms. The Kier molecular flexibility index (Phi) is 3.55. The highest BCUT2D eigenvalue weighted by molar-refractivity contribution is 5.98. The van der Waals surface area contributed by atoms with Gasteiger partial charge in [-0.3, -0.25) is 0 Å². The second kappa shape index (κ2) is 4.68. The fourth-order valence-electron chi connectivity index (χ4n) is 1.29. The third kappa shape index (κ3) is 2.62. The SMILES string of the molecule is COC(=O)c1cccc(NC(C)C)c1N. The van der Waals surface area contributed by atoms with Crippen LogP contribution in [0.5, 0.6) is 0 Å². The minimum absolute atomic E-state index is 0.264. The number of carbonyl (C=O) groups is 1. The zero-order valence-corrected chi connectivity index (χ0v) is 9.20. The van der Waals surface area contributed by atoms with Crippen LogP contribution in [0.2, 0.25) is 0 Å². The van der Waals surface area contributed by atoms with Crippen molar-refractivity contribution in [2.75, 3.05) is 18.2 Å². The molecule has 0 aliphatic carbocycles. The first-order valence-electron chi connectivity index (χ1n) is 4.79. The van der Waals surface area contributed by atoms with E-state index in [1.807, 2.05) is 19.9 Å². The lowest BCUT2D eigenvalue weighted by Crippen LogP contribution is -2.13. The number of anilines is 2. The lowest BCUT2D eigenvalue weighted by molar-refractivity contribution is 0.0602. The quantitative estimate of drug-likeness (QED) is 0.588. The summed E-state index contributed by atoms with van der Waals surface area (Å²) in [6.45, 7) is 4.01. The highest BCUT2D eigenvalue weighted by atomic mass is 16.5. The van der Waals surface area contributed by atoms with E-state index in [2.05, 4.69) is 10.1 Å². The summed E-state index contributed by atoms with van der Waals surface area (Å²) < 4.78 is 4.63. The lowest BCUT2D eigenvalue weighted by atomic mass is 10.1. The molecule has 0 unspecified atom stereocenters. The van der Waals surface area contributed by atoms with Gasteiger partial charge in [0.05, 0.1) is 24.0 Å². The number of hydrogen-bond acceptors (Lipinski definition) is 4. The first-order valence-corrected chi connectivity index (χ1v) is 4.79. The number of methoxy groups -OCH3 is 1. The molecule has 4 nitrogen and oxygen atoms in total. The Morgan fingerprint density at radius 1 is 1.47 bits per heavy atom. The van der Waals surface area contributed by atoms with E-state index in [1.165, 1.54) is 7.11 Å². The van der Waals surface area contributed by atoms with E-state index in [1.54, 1.807) is 12.1 Å². The average molecular weight is 208 g/mol. The van der Waals surface area contributed by atoms with Gasteiger partial charge < -0.3 is 15.8 Å². The highest BCUT2D eigenvalue weighted by Gasteiger charge is 2.12. The summed E-state index contributed by atoms with van der Waals surface area (Å²) in [6, 6.07) is 5.52. The van der Waals surface area contributed by atoms with Crippen LogP contribution < -0.4 is 11.1 Å². The molecule has 0 atom stereocenters. The van der Waals surface area contributed by atoms with Gasteiger partial charge in [0.15, 0.2) is 0 Å². The lowest BCUT2D eigenvalue weighted by Gasteiger charge is -2.14. The Bertz CT molecular complexity index is 362. The number of ether oxygens (including phenoxy) is 1. The molecular formula is C11H16N2O2. The van der Waals surface area contributed by atoms with Crippen LogP contribution in [0.15, 0.2) is 18.2 Å². The van der Waals surface area contributed by atoms with Crippen molar-refractivity contribution in [3.8, 4) is 0 Å². The van der Waals surface area contributed by atoms with Crippen LogP contribution in [0.3, 0.4) is 0 Å². The molecule has 0 saturated heterocycles. The maximum absolute atomic E-state index is 11.3. The first kappa shape index (κ1) is 11.4. The number of esters is 1. The Hall–Kier alpha value is -1.71. The summed E-state index contributed by atoms with van der Waals surface area (Å²) in [7, 11) is 1.34. The topological polar surface area (TPSA) is 64.3 Å². The predicted molar refractivity (Wildman–Crippen MR) is 61.0 cm³/mol. The van der Waals surface area contributed by atoms with Crippen molar-refractivity contribution in [3.63, 3.8) is 0 Å². The van der Waals surface area contributed by atoms with E-state index in [4.69, 9.17) is 5.73 Å². The van der Waals surface area contributed by atoms with Crippen molar-refractivity contribution < 1.29 is 9.53 Å². The van der Waals surface area contributed by atoms with Crippen LogP contribution in [0.1, 0.15) is 24.2 Å². The molecule has 0 amide bonds. The maximum atomic E-state index is 11.3. The minimum atomic E-state index is -0.417. The van der Waals surface area contributed by atoms with E-state index in [0.29, 0.717) is 11.3 Å². The van der Waals surface area contributed by atoms with Crippen molar-refractivity contribution in [1.29, 1.82) is 0 Å². The summed E-state index contributed by atoms with van der Waals surface area (Å²) >= 11 is 0. The summed E-state index contributed by atoms with van der Waals surface area (Å²) in [6.07, 6.45) is 0. The van der Waals surface area contributed by atoms with Crippen LogP contribution in [-0.2, 0) is 4.74 Å². The van der Waals surface area contributed by atoms with Gasteiger partial charge in [0.25, 0.3) is 0 Å². The van der Waals surface area contributed by atoms with Gasteiger partial charge in [-0.1, -0.05) is 6.07 Å². The first-order chi connectivity index (χ1) is 7.06. The number of nitrogen functional groups attached to an aromatic ring is 1. The normalized spacial score (nSPS) is 10.1. The average Bonchev–Trinajstić information content (AvgIpc) is 2.19. The molecular weight excluding hydrogens is 192 g/mol. The van der Waals surface area contributed by atoms with Crippen molar-refractivity contribution >= 4 is 17.3 Å². The Labute approximate surface area is 89.4 Å². The fraction of sp³-hybridized carbons (Fsp3) is 0.364. The molecule has 3 N–H and O–H groups in total. The van der Waals surface area contributed by atoms with E-state index >= 15 is 0 Å². The molecule has 4 heteroatoms. The Morgan fingerprint density at radius 3 is 2.67 bits per heavy atom. The van der Waals surface area contributed by atoms with Gasteiger partial charge in [0.1, 0.15) is 0 Å². The summed E-state index contributed by atoms with van der Waals surface area (Å²) in [4.78, 5) is 11.3. The Balaban J connectivity index is 3.05. The second-order valence-electron chi connectivity index (χ2n) is 3.56. The van der Waals surface area contributed by atoms with E-state index in [0.717, 1.165) is 5.69 Å². The summed E-state index contributed by atoms with van der Waals surface area (Å²) in [5, 5.41) is 3.16. The van der Waals surface area contributed by atoms with E-state index in [-0.39, 0.29) is 6.04 Å². The Morgan fingerprint density at radius 2 is 2.13 bits per heavy atom. The third-order valence-electron chi connectivity index (χ3n) is 1.96. The van der Waals surface area contributed by atoms with Gasteiger partial charge in [-0.25, -0.2) is 4.79 Å². The zero-order chi connectivity index (χ0) is 11.4. The van der Waals surface area contributed by atoms with Crippen molar-refractivity contribution in [2.24, 2.45) is 0 Å². The standard InChI is InChI=1S/C11H16N2O2/c1-7(2)13-9-6-4-5-8(10(9)12)11(14)15-3/h4-7,13H,12H2,1-3H3. The number of rotatable bonds is 3. The number of benzene rings is 1. The molecule has 1 aromatic carbocycles. The van der Waals surface area contributed by atoms with E-state index < -0.39 is 5.97 Å². The molecule has 15 heavy (non-hydrogen) atoms. The van der Waals surface area contributed by atoms with Gasteiger partial charge in [-0.15, -0.1) is 0 Å². The fourth-order valence-corrected chi connectivity index (χ4v) is 1.29. The largest absolute Gasteiger partial charge is 0.465 e. The smallest absolute Gasteiger partial charge is 0.340 e. The van der Waals surface area contributed by atoms with Crippen LogP contribution >= 0.6 is 0 Å². The van der Waals surface area contributed by atoms with Gasteiger partial charge in [-0.05, 0) is 26.0 Å². The molecule has 0 aliphatic heterocycles. The van der Waals surface area contributed by atoms with Crippen LogP contribution in [0, 0.1) is 0 Å². The number of nitrogens with two attached hydrogens (primary N) is 1. The van der Waals surface area contributed by atoms with E-state index in [9.17, 15) is 4.79 Å². The van der Waals surface area contributed by atoms with Crippen LogP contribution in [0.25, 0.3) is 0 Å². The van der Waals surface area contributed by atoms with Gasteiger partial charge in [-0.2, -0.15) is 0 Å². The summed E-state index contributed by atoms with van der Waals surface area (Å²) in [5.41, 5.74) is 7.42. The molecule has 0 fully saturated rings. The minimum Gasteiger partial charge on any atom is -0.465 e. The second-order valence-corrected chi connectivity index (χ2v) is 3.56. The number of hydrogen-bond donors (Lipinski definition) is 2. The molecule has 1 aromatic rings. The predicted octanol–water partition coefficient (Wildman–Crippen LogP) is 1.88. The maximum Gasteiger partial charge on any atom is 0.340 e. The molecule has 0 aliphatic rings. The summed E-state index contributed by atoms with van der Waals surface area (Å²) in [5.74, 6) is -0.417. The third-order valence-corrected chi connectivity index (χ3v) is 1.96. The van der Waals surface area contributed by atoms with Crippen molar-refractivity contribution in [2.45, 2.75) is 19.9 Å². The van der Waals surface area contributed by atoms with Crippen LogP contribution in [0.4, 0.5) is 11.4 Å². The molecule has 1 rings (SSSR count). The zero-order valence-electron chi connectivity index (χ0n) is 9.20. The highest BCUT2D eigenvalue weighted by Crippen LogP contribution is 2.23. The number of carbonyl (C=O) groups excluding carboxylic acids is 1. The monoisotopic (exact) mass is 208 g/mol. The van der Waals surface area contributed by atoms with Crippen molar-refractivity contribution in [1.82, 2.24) is 0 Å². The molecule has 0 radical (unpaired) electrons. The van der Waals surface area contributed by atoms with Crippen molar-refractivity contribution in [3.05, 3.63) is 23.8 Å². The number of nitrogens with one attached hydrogen (secondary N) is 1. The molecule has 0 heterocycles. The molecule has 0 saturated carbocycles. The molecule has 0 spiro atoms. The number of para-hydroxylation sites is 1. The molecule has 0 aromatic heterocycles.